The quantitative estimate of drug-likeness (QED) is 0.220. The van der Waals surface area contributed by atoms with Crippen LogP contribution in [0.1, 0.15) is 70.4 Å². The molecule has 5 amide bonds. The summed E-state index contributed by atoms with van der Waals surface area (Å²) < 4.78 is 0. The first-order chi connectivity index (χ1) is 24.6. The van der Waals surface area contributed by atoms with Gasteiger partial charge in [0.25, 0.3) is 0 Å². The van der Waals surface area contributed by atoms with Crippen LogP contribution in [0.3, 0.4) is 0 Å². The van der Waals surface area contributed by atoms with E-state index in [9.17, 15) is 19.2 Å². The number of likely N-dealkylation sites (tertiary alicyclic amines) is 1. The number of urea groups is 1. The van der Waals surface area contributed by atoms with Crippen molar-refractivity contribution in [3.8, 4) is 0 Å². The van der Waals surface area contributed by atoms with E-state index in [-0.39, 0.29) is 42.4 Å². The molecule has 4 atom stereocenters. The zero-order valence-electron chi connectivity index (χ0n) is 30.6. The molecule has 3 aromatic rings. The summed E-state index contributed by atoms with van der Waals surface area (Å²) in [5.41, 5.74) is 6.84. The zero-order valence-corrected chi connectivity index (χ0v) is 30.6. The summed E-state index contributed by atoms with van der Waals surface area (Å²) in [7, 11) is 0. The number of piperazine rings is 1. The van der Waals surface area contributed by atoms with E-state index in [4.69, 9.17) is 5.73 Å². The van der Waals surface area contributed by atoms with E-state index in [0.29, 0.717) is 64.8 Å². The molecule has 0 saturated carbocycles. The van der Waals surface area contributed by atoms with Crippen molar-refractivity contribution in [3.63, 3.8) is 0 Å². The lowest BCUT2D eigenvalue weighted by Crippen LogP contribution is -2.63. The van der Waals surface area contributed by atoms with Crippen molar-refractivity contribution in [2.45, 2.75) is 90.3 Å². The molecule has 0 bridgehead atoms. The smallest absolute Gasteiger partial charge is 0.318 e. The zero-order chi connectivity index (χ0) is 36.4. The number of hydrogen-bond acceptors (Lipinski definition) is 5. The van der Waals surface area contributed by atoms with E-state index in [1.165, 1.54) is 0 Å². The number of rotatable bonds is 13. The number of amides is 5. The van der Waals surface area contributed by atoms with Gasteiger partial charge >= 0.3 is 6.03 Å². The van der Waals surface area contributed by atoms with Crippen molar-refractivity contribution < 1.29 is 19.2 Å². The molecule has 51 heavy (non-hydrogen) atoms. The highest BCUT2D eigenvalue weighted by Crippen LogP contribution is 2.35. The molecule has 5 rings (SSSR count). The Morgan fingerprint density at radius 2 is 1.57 bits per heavy atom. The molecule has 4 N–H and O–H groups in total. The Balaban J connectivity index is 1.36. The number of piperidine rings is 1. The third kappa shape index (κ3) is 9.47. The molecule has 0 aliphatic carbocycles. The Bertz CT molecular complexity index is 1640. The lowest BCUT2D eigenvalue weighted by molar-refractivity contribution is -0.142. The second-order valence-electron chi connectivity index (χ2n) is 14.6. The van der Waals surface area contributed by atoms with Gasteiger partial charge in [-0.2, -0.15) is 0 Å². The van der Waals surface area contributed by atoms with E-state index in [2.05, 4.69) is 22.8 Å². The van der Waals surface area contributed by atoms with Gasteiger partial charge in [0.15, 0.2) is 0 Å². The predicted octanol–water partition coefficient (Wildman–Crippen LogP) is 4.89. The van der Waals surface area contributed by atoms with Gasteiger partial charge < -0.3 is 31.1 Å². The highest BCUT2D eigenvalue weighted by atomic mass is 16.2. The fraction of sp³-hybridized carbons (Fsp3) is 0.512. The summed E-state index contributed by atoms with van der Waals surface area (Å²) in [6.45, 7) is 8.55. The first-order valence-corrected chi connectivity index (χ1v) is 18.8. The van der Waals surface area contributed by atoms with E-state index in [1.54, 1.807) is 9.80 Å². The van der Waals surface area contributed by atoms with Crippen molar-refractivity contribution in [1.82, 2.24) is 25.3 Å². The molecule has 2 heterocycles. The molecule has 2 unspecified atom stereocenters. The van der Waals surface area contributed by atoms with Gasteiger partial charge in [-0.1, -0.05) is 79.2 Å². The molecule has 2 saturated heterocycles. The minimum Gasteiger partial charge on any atom is -0.356 e. The van der Waals surface area contributed by atoms with Gasteiger partial charge in [-0.05, 0) is 81.3 Å². The van der Waals surface area contributed by atoms with Crippen LogP contribution in [-0.2, 0) is 27.2 Å². The molecular weight excluding hydrogens is 640 g/mol. The summed E-state index contributed by atoms with van der Waals surface area (Å²) in [5.74, 6) is -0.130. The van der Waals surface area contributed by atoms with Crippen LogP contribution in [0.4, 0.5) is 4.79 Å². The van der Waals surface area contributed by atoms with Gasteiger partial charge in [-0.3, -0.25) is 14.4 Å². The highest BCUT2D eigenvalue weighted by molar-refractivity contribution is 5.90. The first-order valence-electron chi connectivity index (χ1n) is 18.8. The topological polar surface area (TPSA) is 128 Å². The molecule has 10 nitrogen and oxygen atoms in total. The van der Waals surface area contributed by atoms with Crippen molar-refractivity contribution in [1.29, 1.82) is 0 Å². The second-order valence-corrected chi connectivity index (χ2v) is 14.6. The van der Waals surface area contributed by atoms with Crippen LogP contribution in [0.2, 0.25) is 0 Å². The van der Waals surface area contributed by atoms with Gasteiger partial charge in [0.05, 0.1) is 5.41 Å². The Hall–Kier alpha value is -4.44. The van der Waals surface area contributed by atoms with Gasteiger partial charge in [0.1, 0.15) is 6.04 Å². The molecule has 2 aliphatic heterocycles. The Kier molecular flexibility index (Phi) is 13.1. The average molecular weight is 697 g/mol. The second kappa shape index (κ2) is 17.7. The van der Waals surface area contributed by atoms with Crippen LogP contribution in [0.25, 0.3) is 10.8 Å². The van der Waals surface area contributed by atoms with Gasteiger partial charge in [0, 0.05) is 57.6 Å². The van der Waals surface area contributed by atoms with E-state index < -0.39 is 11.5 Å². The molecule has 0 spiro atoms. The molecule has 274 valence electrons. The number of carbonyl (C=O) groups excluding carboxylic acids is 4. The van der Waals surface area contributed by atoms with Crippen LogP contribution in [0.5, 0.6) is 0 Å². The number of nitrogens with zero attached hydrogens (tertiary/aromatic N) is 3. The van der Waals surface area contributed by atoms with Crippen molar-refractivity contribution in [2.75, 3.05) is 39.3 Å². The largest absolute Gasteiger partial charge is 0.356 e. The number of nitrogens with two attached hydrogens (primary N) is 1. The molecule has 0 aromatic heterocycles. The van der Waals surface area contributed by atoms with Crippen LogP contribution in [-0.4, -0.2) is 95.8 Å². The van der Waals surface area contributed by atoms with Crippen molar-refractivity contribution in [2.24, 2.45) is 11.1 Å². The molecule has 10 heteroatoms. The molecular formula is C41H56N6O4. The normalized spacial score (nSPS) is 21.3. The maximum atomic E-state index is 14.6. The Morgan fingerprint density at radius 3 is 2.27 bits per heavy atom. The average Bonchev–Trinajstić information content (AvgIpc) is 3.13. The fourth-order valence-electron chi connectivity index (χ4n) is 8.03. The monoisotopic (exact) mass is 696 g/mol. The molecule has 0 radical (unpaired) electrons. The van der Waals surface area contributed by atoms with Gasteiger partial charge in [-0.25, -0.2) is 4.79 Å². The summed E-state index contributed by atoms with van der Waals surface area (Å²) >= 11 is 0. The molecule has 2 fully saturated rings. The van der Waals surface area contributed by atoms with Crippen molar-refractivity contribution >= 4 is 34.5 Å². The summed E-state index contributed by atoms with van der Waals surface area (Å²) in [4.78, 5) is 61.0. The third-order valence-electron chi connectivity index (χ3n) is 10.5. The number of nitrogens with one attached hydrogen (secondary N) is 2. The summed E-state index contributed by atoms with van der Waals surface area (Å²) in [5, 5.41) is 8.34. The lowest BCUT2D eigenvalue weighted by Gasteiger charge is -2.45. The Morgan fingerprint density at radius 1 is 0.863 bits per heavy atom. The number of benzene rings is 3. The van der Waals surface area contributed by atoms with Crippen LogP contribution in [0, 0.1) is 5.41 Å². The minimum atomic E-state index is -0.840. The molecule has 3 aromatic carbocycles. The summed E-state index contributed by atoms with van der Waals surface area (Å²) in [6.07, 6.45) is 5.30. The first kappa shape index (κ1) is 37.8. The number of fused-ring (bicyclic) bond motifs is 1. The molecule has 2 aliphatic rings. The van der Waals surface area contributed by atoms with Gasteiger partial charge in [-0.15, -0.1) is 0 Å². The van der Waals surface area contributed by atoms with E-state index >= 15 is 0 Å². The minimum absolute atomic E-state index is 0.0451. The number of hydrogen-bond donors (Lipinski definition) is 3. The van der Waals surface area contributed by atoms with Crippen molar-refractivity contribution in [3.05, 3.63) is 83.9 Å². The van der Waals surface area contributed by atoms with Gasteiger partial charge in [0.2, 0.25) is 17.7 Å². The highest BCUT2D eigenvalue weighted by Gasteiger charge is 2.45. The van der Waals surface area contributed by atoms with Crippen LogP contribution in [0.15, 0.2) is 72.8 Å². The Labute approximate surface area is 303 Å². The summed E-state index contributed by atoms with van der Waals surface area (Å²) in [6, 6.07) is 22.7. The van der Waals surface area contributed by atoms with Crippen LogP contribution < -0.4 is 16.4 Å². The maximum Gasteiger partial charge on any atom is 0.318 e. The SMILES string of the molecule is CCNC(=O)[C@]1(Cc2ccccc2)CCCN(C(=O)[C@@H](Cc2ccc3ccccc3c2)NC(=O)N2CC(C)N(C(=O)CCCCCN)C(C)C2)C1. The predicted molar refractivity (Wildman–Crippen MR) is 202 cm³/mol. The maximum absolute atomic E-state index is 14.6. The fourth-order valence-corrected chi connectivity index (χ4v) is 8.03. The van der Waals surface area contributed by atoms with Crippen LogP contribution >= 0.6 is 0 Å². The third-order valence-corrected chi connectivity index (χ3v) is 10.5. The number of carbonyl (C=O) groups is 4. The standard InChI is InChI=1S/C41H56N6O4/c1-4-43-39(50)41(26-32-14-7-5-8-15-32)21-13-23-45(29-41)38(49)36(25-33-19-20-34-16-10-11-17-35(34)24-33)44-40(51)46-27-30(2)47(31(3)28-46)37(48)18-9-6-12-22-42/h5,7-8,10-11,14-17,19-20,24,30-31,36H,4,6,9,12-13,18,21-23,25-29,42H2,1-3H3,(H,43,50)(H,44,51)/t30?,31?,36-,41+/m1/s1. The lowest BCUT2D eigenvalue weighted by atomic mass is 9.74. The number of unbranched alkanes of at least 4 members (excludes halogenated alkanes) is 2. The van der Waals surface area contributed by atoms with E-state index in [1.807, 2.05) is 86.3 Å². The van der Waals surface area contributed by atoms with E-state index in [0.717, 1.165) is 41.2 Å².